The lowest BCUT2D eigenvalue weighted by Gasteiger charge is -2.20. The van der Waals surface area contributed by atoms with E-state index in [4.69, 9.17) is 19.6 Å². The Morgan fingerprint density at radius 1 is 0.786 bits per heavy atom. The Hall–Kier alpha value is -1.92. The highest BCUT2D eigenvalue weighted by atomic mass is 17.2. The zero-order chi connectivity index (χ0) is 20.8. The van der Waals surface area contributed by atoms with Crippen molar-refractivity contribution >= 4 is 11.9 Å². The van der Waals surface area contributed by atoms with Gasteiger partial charge in [-0.1, -0.05) is 64.8 Å². The lowest BCUT2D eigenvalue weighted by atomic mass is 9.90. The molecule has 1 aromatic carbocycles. The van der Waals surface area contributed by atoms with E-state index in [1.54, 1.807) is 0 Å². The minimum Gasteiger partial charge on any atom is -0.298 e. The quantitative estimate of drug-likeness (QED) is 0.318. The van der Waals surface area contributed by atoms with Gasteiger partial charge in [-0.05, 0) is 24.0 Å². The van der Waals surface area contributed by atoms with E-state index in [1.165, 1.54) is 0 Å². The Morgan fingerprint density at radius 2 is 1.18 bits per heavy atom. The van der Waals surface area contributed by atoms with Gasteiger partial charge in [0.05, 0.1) is 0 Å². The van der Waals surface area contributed by atoms with Crippen LogP contribution in [0.25, 0.3) is 0 Å². The van der Waals surface area contributed by atoms with Crippen LogP contribution in [0.15, 0.2) is 24.3 Å². The van der Waals surface area contributed by atoms with E-state index in [-0.39, 0.29) is 37.0 Å². The standard InChI is InChI=1S/C22H34O6/c1-5-7-13-21(23)27-25-15-17(3)19-11-9-10-12-20(19)18(4)16-26-28-22(24)14-8-6-2/h9-12,17-18H,5-8,13-16H2,1-4H3. The smallest absolute Gasteiger partial charge is 0.298 e. The highest BCUT2D eigenvalue weighted by Crippen LogP contribution is 2.27. The first-order chi connectivity index (χ1) is 13.5. The van der Waals surface area contributed by atoms with Crippen molar-refractivity contribution in [3.05, 3.63) is 35.4 Å². The van der Waals surface area contributed by atoms with Gasteiger partial charge in [0.25, 0.3) is 0 Å². The molecule has 0 bridgehead atoms. The second-order valence-corrected chi connectivity index (χ2v) is 7.12. The molecule has 0 aliphatic rings. The van der Waals surface area contributed by atoms with Gasteiger partial charge in [-0.2, -0.15) is 9.78 Å². The largest absolute Gasteiger partial charge is 0.342 e. The third-order valence-electron chi connectivity index (χ3n) is 4.47. The zero-order valence-electron chi connectivity index (χ0n) is 17.6. The topological polar surface area (TPSA) is 71.1 Å². The average Bonchev–Trinajstić information content (AvgIpc) is 2.70. The molecule has 6 nitrogen and oxygen atoms in total. The van der Waals surface area contributed by atoms with Crippen molar-refractivity contribution in [2.24, 2.45) is 0 Å². The van der Waals surface area contributed by atoms with Gasteiger partial charge in [-0.15, -0.1) is 0 Å². The molecule has 0 aliphatic heterocycles. The monoisotopic (exact) mass is 394 g/mol. The molecule has 0 fully saturated rings. The molecule has 0 saturated heterocycles. The van der Waals surface area contributed by atoms with Crippen molar-refractivity contribution in [1.82, 2.24) is 0 Å². The number of unbranched alkanes of at least 4 members (excludes halogenated alkanes) is 2. The molecule has 0 heterocycles. The number of hydrogen-bond donors (Lipinski definition) is 0. The summed E-state index contributed by atoms with van der Waals surface area (Å²) < 4.78 is 0. The van der Waals surface area contributed by atoms with Gasteiger partial charge < -0.3 is 0 Å². The van der Waals surface area contributed by atoms with Gasteiger partial charge >= 0.3 is 11.9 Å². The Bertz CT molecular complexity index is 535. The van der Waals surface area contributed by atoms with Crippen LogP contribution < -0.4 is 0 Å². The van der Waals surface area contributed by atoms with Crippen LogP contribution in [0, 0.1) is 0 Å². The van der Waals surface area contributed by atoms with Crippen molar-refractivity contribution in [2.75, 3.05) is 13.2 Å². The van der Waals surface area contributed by atoms with Gasteiger partial charge in [-0.25, -0.2) is 9.59 Å². The Morgan fingerprint density at radius 3 is 1.54 bits per heavy atom. The first-order valence-electron chi connectivity index (χ1n) is 10.2. The van der Waals surface area contributed by atoms with Gasteiger partial charge in [0.2, 0.25) is 0 Å². The number of hydrogen-bond acceptors (Lipinski definition) is 6. The van der Waals surface area contributed by atoms with Crippen LogP contribution in [0.4, 0.5) is 0 Å². The van der Waals surface area contributed by atoms with E-state index in [0.29, 0.717) is 12.8 Å². The fourth-order valence-corrected chi connectivity index (χ4v) is 2.72. The van der Waals surface area contributed by atoms with Crippen molar-refractivity contribution in [3.8, 4) is 0 Å². The van der Waals surface area contributed by atoms with Crippen LogP contribution >= 0.6 is 0 Å². The Labute approximate surface area is 168 Å². The van der Waals surface area contributed by atoms with Crippen LogP contribution in [0.1, 0.15) is 89.2 Å². The zero-order valence-corrected chi connectivity index (χ0v) is 17.6. The fourth-order valence-electron chi connectivity index (χ4n) is 2.72. The summed E-state index contributed by atoms with van der Waals surface area (Å²) in [6.45, 7) is 8.60. The molecule has 0 aromatic heterocycles. The summed E-state index contributed by atoms with van der Waals surface area (Å²) in [5, 5.41) is 0. The Balaban J connectivity index is 2.51. The lowest BCUT2D eigenvalue weighted by molar-refractivity contribution is -0.275. The van der Waals surface area contributed by atoms with E-state index in [9.17, 15) is 9.59 Å². The number of rotatable bonds is 14. The van der Waals surface area contributed by atoms with Crippen molar-refractivity contribution in [2.45, 2.75) is 78.1 Å². The predicted octanol–water partition coefficient (Wildman–Crippen LogP) is 5.22. The normalized spacial score (nSPS) is 13.0. The molecule has 0 aliphatic carbocycles. The van der Waals surface area contributed by atoms with Gasteiger partial charge in [-0.3, -0.25) is 9.78 Å². The van der Waals surface area contributed by atoms with E-state index < -0.39 is 0 Å². The minimum atomic E-state index is -0.339. The molecule has 2 atom stereocenters. The van der Waals surface area contributed by atoms with Crippen LogP contribution in [0.5, 0.6) is 0 Å². The van der Waals surface area contributed by atoms with E-state index in [0.717, 1.165) is 36.8 Å². The average molecular weight is 395 g/mol. The van der Waals surface area contributed by atoms with Crippen molar-refractivity contribution in [1.29, 1.82) is 0 Å². The molecular weight excluding hydrogens is 360 g/mol. The van der Waals surface area contributed by atoms with E-state index in [1.807, 2.05) is 52.0 Å². The molecule has 158 valence electrons. The van der Waals surface area contributed by atoms with E-state index in [2.05, 4.69) is 0 Å². The van der Waals surface area contributed by atoms with Crippen molar-refractivity contribution in [3.63, 3.8) is 0 Å². The van der Waals surface area contributed by atoms with Crippen LogP contribution in [0.2, 0.25) is 0 Å². The third kappa shape index (κ3) is 9.33. The second kappa shape index (κ2) is 14.1. The van der Waals surface area contributed by atoms with Crippen molar-refractivity contribution < 1.29 is 29.1 Å². The van der Waals surface area contributed by atoms with Crippen LogP contribution in [0.3, 0.4) is 0 Å². The summed E-state index contributed by atoms with van der Waals surface area (Å²) in [6.07, 6.45) is 4.20. The summed E-state index contributed by atoms with van der Waals surface area (Å²) in [5.74, 6) is -0.613. The second-order valence-electron chi connectivity index (χ2n) is 7.12. The molecule has 1 aromatic rings. The summed E-state index contributed by atoms with van der Waals surface area (Å²) in [6, 6.07) is 7.96. The maximum absolute atomic E-state index is 11.5. The van der Waals surface area contributed by atoms with E-state index >= 15 is 0 Å². The maximum atomic E-state index is 11.5. The summed E-state index contributed by atoms with van der Waals surface area (Å²) in [4.78, 5) is 43.0. The minimum absolute atomic E-state index is 0.0322. The SMILES string of the molecule is CCCCC(=O)OOCC(C)c1ccccc1C(C)COOC(=O)CCCC. The van der Waals surface area contributed by atoms with Gasteiger partial charge in [0.1, 0.15) is 13.2 Å². The highest BCUT2D eigenvalue weighted by Gasteiger charge is 2.17. The first kappa shape index (κ1) is 24.1. The summed E-state index contributed by atoms with van der Waals surface area (Å²) in [5.41, 5.74) is 2.17. The summed E-state index contributed by atoms with van der Waals surface area (Å²) >= 11 is 0. The number of benzene rings is 1. The number of carbonyl (C=O) groups is 2. The molecule has 0 N–H and O–H groups in total. The summed E-state index contributed by atoms with van der Waals surface area (Å²) in [7, 11) is 0. The fraction of sp³-hybridized carbons (Fsp3) is 0.636. The molecule has 0 amide bonds. The van der Waals surface area contributed by atoms with Crippen LogP contribution in [-0.4, -0.2) is 25.2 Å². The first-order valence-corrected chi connectivity index (χ1v) is 10.2. The molecule has 6 heteroatoms. The third-order valence-corrected chi connectivity index (χ3v) is 4.47. The lowest BCUT2D eigenvalue weighted by Crippen LogP contribution is -2.14. The number of carbonyl (C=O) groups excluding carboxylic acids is 2. The molecule has 28 heavy (non-hydrogen) atoms. The highest BCUT2D eigenvalue weighted by molar-refractivity contribution is 5.68. The molecular formula is C22H34O6. The van der Waals surface area contributed by atoms with Gasteiger partial charge in [0.15, 0.2) is 0 Å². The molecule has 0 radical (unpaired) electrons. The predicted molar refractivity (Wildman–Crippen MR) is 106 cm³/mol. The van der Waals surface area contributed by atoms with Gasteiger partial charge in [0, 0.05) is 24.7 Å². The molecule has 1 rings (SSSR count). The molecule has 0 saturated carbocycles. The maximum Gasteiger partial charge on any atom is 0.342 e. The van der Waals surface area contributed by atoms with Crippen LogP contribution in [-0.2, 0) is 29.1 Å². The molecule has 2 unspecified atom stereocenters. The molecule has 0 spiro atoms. The Kier molecular flexibility index (Phi) is 12.2.